The molecule has 0 aliphatic carbocycles. The molecule has 0 unspecified atom stereocenters. The molecular formula is C46H75NO16. The number of hydrogen-bond acceptors (Lipinski definition) is 17. The molecule has 0 aromatic carbocycles. The Morgan fingerprint density at radius 2 is 1.60 bits per heavy atom. The molecule has 0 aromatic rings. The van der Waals surface area contributed by atoms with Crippen molar-refractivity contribution in [1.29, 1.82) is 0 Å². The summed E-state index contributed by atoms with van der Waals surface area (Å²) in [6, 6.07) is -0.805. The molecule has 0 radical (unpaired) electrons. The van der Waals surface area contributed by atoms with Crippen LogP contribution in [0.15, 0.2) is 24.3 Å². The predicted octanol–water partition coefficient (Wildman–Crippen LogP) is 4.36. The fourth-order valence-corrected chi connectivity index (χ4v) is 8.50. The number of methoxy groups -OCH3 is 1. The van der Waals surface area contributed by atoms with E-state index in [9.17, 15) is 34.2 Å². The van der Waals surface area contributed by atoms with E-state index >= 15 is 0 Å². The molecule has 0 aromatic heterocycles. The van der Waals surface area contributed by atoms with Crippen molar-refractivity contribution >= 4 is 30.2 Å². The van der Waals surface area contributed by atoms with Gasteiger partial charge in [-0.1, -0.05) is 52.8 Å². The number of nitrogens with zero attached hydrogens (tertiary/aromatic N) is 1. The SMILES string of the molecule is CCC(=O)O[C@H]1/C=C/C=C/C[C@@H](C)OC(=O)C[C@@H](OC(=O)CC)[C@H](OC)[C@@H](O[C@@H]2O[C@H](C)[C@@H](O[C@H]3C[C@@](C)(O)[C@@H](OC(=O)CC(C)C)[C@H](C)O3)[C@H](N(C)C)[C@H]2O)[C@@H](CC=O)C[C@H]1C. The molecule has 2 N–H and O–H groups in total. The van der Waals surface area contributed by atoms with Gasteiger partial charge in [0.25, 0.3) is 0 Å². The maximum Gasteiger partial charge on any atom is 0.309 e. The molecule has 17 nitrogen and oxygen atoms in total. The van der Waals surface area contributed by atoms with Crippen LogP contribution in [0.25, 0.3) is 0 Å². The third kappa shape index (κ3) is 16.0. The molecule has 360 valence electrons. The van der Waals surface area contributed by atoms with Gasteiger partial charge in [-0.25, -0.2) is 0 Å². The highest BCUT2D eigenvalue weighted by molar-refractivity contribution is 5.73. The zero-order valence-electron chi connectivity index (χ0n) is 39.3. The van der Waals surface area contributed by atoms with E-state index < -0.39 is 127 Å². The van der Waals surface area contributed by atoms with Crippen molar-refractivity contribution in [2.45, 2.75) is 199 Å². The summed E-state index contributed by atoms with van der Waals surface area (Å²) in [5.41, 5.74) is -1.52. The van der Waals surface area contributed by atoms with Gasteiger partial charge in [0.2, 0.25) is 0 Å². The number of esters is 4. The molecule has 0 amide bonds. The smallest absolute Gasteiger partial charge is 0.309 e. The summed E-state index contributed by atoms with van der Waals surface area (Å²) in [5, 5.41) is 23.7. The van der Waals surface area contributed by atoms with Crippen LogP contribution < -0.4 is 0 Å². The third-order valence-corrected chi connectivity index (χ3v) is 11.7. The van der Waals surface area contributed by atoms with Gasteiger partial charge in [0, 0.05) is 45.6 Å². The highest BCUT2D eigenvalue weighted by Gasteiger charge is 2.53. The first-order valence-electron chi connectivity index (χ1n) is 22.4. The molecule has 63 heavy (non-hydrogen) atoms. The van der Waals surface area contributed by atoms with Crippen molar-refractivity contribution in [1.82, 2.24) is 4.90 Å². The molecule has 3 aliphatic heterocycles. The molecule has 0 saturated carbocycles. The molecule has 16 atom stereocenters. The quantitative estimate of drug-likeness (QED) is 0.133. The van der Waals surface area contributed by atoms with Gasteiger partial charge >= 0.3 is 23.9 Å². The van der Waals surface area contributed by atoms with Crippen molar-refractivity contribution in [3.8, 4) is 0 Å². The number of aliphatic hydroxyl groups excluding tert-OH is 1. The van der Waals surface area contributed by atoms with Crippen LogP contribution in [-0.2, 0) is 66.6 Å². The maximum atomic E-state index is 13.4. The van der Waals surface area contributed by atoms with Crippen molar-refractivity contribution < 1.29 is 76.8 Å². The summed E-state index contributed by atoms with van der Waals surface area (Å²) >= 11 is 0. The van der Waals surface area contributed by atoms with Crippen LogP contribution in [0.5, 0.6) is 0 Å². The van der Waals surface area contributed by atoms with E-state index in [2.05, 4.69) is 0 Å². The van der Waals surface area contributed by atoms with Gasteiger partial charge in [0.15, 0.2) is 18.7 Å². The Bertz CT molecular complexity index is 1530. The van der Waals surface area contributed by atoms with Gasteiger partial charge in [0.1, 0.15) is 48.5 Å². The normalized spacial score (nSPS) is 38.3. The average Bonchev–Trinajstić information content (AvgIpc) is 3.18. The van der Waals surface area contributed by atoms with Crippen molar-refractivity contribution in [3.63, 3.8) is 0 Å². The topological polar surface area (TPSA) is 212 Å². The summed E-state index contributed by atoms with van der Waals surface area (Å²) in [7, 11) is 4.86. The number of allylic oxidation sites excluding steroid dienone is 2. The third-order valence-electron chi connectivity index (χ3n) is 11.7. The molecule has 3 heterocycles. The lowest BCUT2D eigenvalue weighted by molar-refractivity contribution is -0.344. The zero-order chi connectivity index (χ0) is 47.2. The number of aliphatic hydroxyl groups is 2. The van der Waals surface area contributed by atoms with E-state index in [1.165, 1.54) is 7.11 Å². The van der Waals surface area contributed by atoms with Crippen molar-refractivity contribution in [2.24, 2.45) is 17.8 Å². The number of carbonyl (C=O) groups excluding carboxylic acids is 5. The number of carbonyl (C=O) groups is 5. The minimum Gasteiger partial charge on any atom is -0.462 e. The molecule has 3 aliphatic rings. The van der Waals surface area contributed by atoms with Gasteiger partial charge in [-0.3, -0.25) is 19.2 Å². The van der Waals surface area contributed by atoms with Gasteiger partial charge in [-0.15, -0.1) is 0 Å². The summed E-state index contributed by atoms with van der Waals surface area (Å²) in [5.74, 6) is -3.22. The van der Waals surface area contributed by atoms with E-state index in [1.807, 2.05) is 26.8 Å². The Hall–Kier alpha value is -3.29. The predicted molar refractivity (Wildman–Crippen MR) is 229 cm³/mol. The van der Waals surface area contributed by atoms with Gasteiger partial charge < -0.3 is 62.5 Å². The largest absolute Gasteiger partial charge is 0.462 e. The molecule has 17 heteroatoms. The average molecular weight is 898 g/mol. The van der Waals surface area contributed by atoms with E-state index in [-0.39, 0.29) is 44.4 Å². The number of cyclic esters (lactones) is 1. The zero-order valence-corrected chi connectivity index (χ0v) is 39.3. The van der Waals surface area contributed by atoms with E-state index in [0.29, 0.717) is 6.42 Å². The first kappa shape index (κ1) is 54.0. The Labute approximate surface area is 373 Å². The van der Waals surface area contributed by atoms with Crippen LogP contribution in [-0.4, -0.2) is 152 Å². The Balaban J connectivity index is 2.05. The molecule has 0 bridgehead atoms. The van der Waals surface area contributed by atoms with Crippen molar-refractivity contribution in [2.75, 3.05) is 21.2 Å². The van der Waals surface area contributed by atoms with Crippen LogP contribution in [0, 0.1) is 17.8 Å². The number of ether oxygens (including phenoxy) is 9. The second kappa shape index (κ2) is 25.4. The minimum atomic E-state index is -1.52. The highest BCUT2D eigenvalue weighted by atomic mass is 16.7. The first-order chi connectivity index (χ1) is 29.6. The van der Waals surface area contributed by atoms with Crippen LogP contribution in [0.2, 0.25) is 0 Å². The second-order valence-corrected chi connectivity index (χ2v) is 18.0. The molecule has 2 saturated heterocycles. The Morgan fingerprint density at radius 3 is 2.19 bits per heavy atom. The highest BCUT2D eigenvalue weighted by Crippen LogP contribution is 2.38. The molecular weight excluding hydrogens is 822 g/mol. The summed E-state index contributed by atoms with van der Waals surface area (Å²) < 4.78 is 55.1. The van der Waals surface area contributed by atoms with Crippen LogP contribution in [0.1, 0.15) is 114 Å². The van der Waals surface area contributed by atoms with Crippen LogP contribution in [0.4, 0.5) is 0 Å². The first-order valence-corrected chi connectivity index (χ1v) is 22.4. The molecule has 2 fully saturated rings. The Kier molecular flexibility index (Phi) is 21.8. The molecule has 3 rings (SSSR count). The van der Waals surface area contributed by atoms with Crippen LogP contribution >= 0.6 is 0 Å². The lowest BCUT2D eigenvalue weighted by atomic mass is 9.82. The second-order valence-electron chi connectivity index (χ2n) is 18.0. The lowest BCUT2D eigenvalue weighted by Gasteiger charge is -2.50. The van der Waals surface area contributed by atoms with E-state index in [1.54, 1.807) is 78.8 Å². The fraction of sp³-hybridized carbons (Fsp3) is 0.804. The van der Waals surface area contributed by atoms with Gasteiger partial charge in [-0.2, -0.15) is 0 Å². The minimum absolute atomic E-state index is 0.0168. The van der Waals surface area contributed by atoms with Crippen LogP contribution in [0.3, 0.4) is 0 Å². The lowest BCUT2D eigenvalue weighted by Crippen LogP contribution is -2.66. The number of rotatable bonds is 15. The monoisotopic (exact) mass is 898 g/mol. The van der Waals surface area contributed by atoms with E-state index in [0.717, 1.165) is 6.29 Å². The summed E-state index contributed by atoms with van der Waals surface area (Å²) in [4.78, 5) is 65.9. The number of hydrogen-bond donors (Lipinski definition) is 2. The van der Waals surface area contributed by atoms with Gasteiger partial charge in [0.05, 0.1) is 30.8 Å². The standard InChI is InChI=1S/C46H75NO16/c1-13-34(49)59-32-19-17-15-16-18-28(6)56-37(52)24-33(60-35(50)14-2)43(55-12)42(31(20-21-48)23-27(32)5)63-45-40(53)39(47(10)11)41(29(7)58-45)62-38-25-46(9,54)44(30(8)57-38)61-36(51)22-26(3)4/h15-17,19,21,26-33,38-45,53-54H,13-14,18,20,22-25H2,1-12H3/b16-15+,19-17+/t27-,28-,29-,30+,31+,32+,33-,38+,39-,40-,41-,42+,43+,44+,45+,46-/m1/s1. The number of aldehydes is 1. The van der Waals surface area contributed by atoms with Crippen molar-refractivity contribution in [3.05, 3.63) is 24.3 Å². The Morgan fingerprint density at radius 1 is 0.937 bits per heavy atom. The molecule has 0 spiro atoms. The summed E-state index contributed by atoms with van der Waals surface area (Å²) in [6.45, 7) is 15.7. The van der Waals surface area contributed by atoms with Gasteiger partial charge in [-0.05, 0) is 72.0 Å². The number of likely N-dealkylation sites (N-methyl/N-ethyl adjacent to an activating group) is 1. The summed E-state index contributed by atoms with van der Waals surface area (Å²) in [6.07, 6.45) is -3.93. The fourth-order valence-electron chi connectivity index (χ4n) is 8.50. The maximum absolute atomic E-state index is 13.4. The van der Waals surface area contributed by atoms with E-state index in [4.69, 9.17) is 42.6 Å².